The Morgan fingerprint density at radius 3 is 1.60 bits per heavy atom. The highest BCUT2D eigenvalue weighted by Crippen LogP contribution is 2.48. The fourth-order valence-corrected chi connectivity index (χ4v) is 11.7. The summed E-state index contributed by atoms with van der Waals surface area (Å²) < 4.78 is 7.67. The molecule has 456 valence electrons. The van der Waals surface area contributed by atoms with Crippen LogP contribution in [0.1, 0.15) is 79.3 Å². The van der Waals surface area contributed by atoms with Gasteiger partial charge in [0.1, 0.15) is 51.4 Å². The first-order chi connectivity index (χ1) is 40.9. The Kier molecular flexibility index (Phi) is 20.8. The number of aliphatic carboxylic acids is 1. The maximum Gasteiger partial charge on any atom is 0.325 e. The first-order valence-electron chi connectivity index (χ1n) is 26.9. The first kappa shape index (κ1) is 66.1. The van der Waals surface area contributed by atoms with Crippen LogP contribution in [0.25, 0.3) is 55.4 Å². The number of Topliss-reactive ketones (excluding diaryl/α,β-unsaturated/α-hetero) is 2. The smallest absolute Gasteiger partial charge is 0.325 e. The highest BCUT2D eigenvalue weighted by Gasteiger charge is 2.56. The molecule has 2 aliphatic carbocycles. The van der Waals surface area contributed by atoms with Crippen LogP contribution in [-0.2, 0) is 54.6 Å². The fraction of sp³-hybridized carbons (Fsp3) is 0.288. The molecule has 4 fully saturated rings. The summed E-state index contributed by atoms with van der Waals surface area (Å²) in [6.45, 7) is 6.31. The summed E-state index contributed by atoms with van der Waals surface area (Å²) in [6.07, 6.45) is 11.0. The quantitative estimate of drug-likeness (QED) is 0.0655. The SMILES string of the molecule is C.CC(=O)c1nn(CC(=O)N2[C@@H]3C[C@@H]3C[C@H]2C(=O)Nc2cccc(Br)n2)c2ccc(-c3cnc4cc(C)nn4c3)cc12.CC(=O)c1nn(CC(=O)O)c2ccc(-c3cnc4cc(C)nn4c3)cc12.Cl.O=C(Nc1cccc(Br)n1)[C@@H]1C[C@H]2C[C@H]2N1.S.S=S. The molecule has 6 atom stereocenters. The van der Waals surface area contributed by atoms with Crippen LogP contribution in [-0.4, -0.2) is 128 Å². The van der Waals surface area contributed by atoms with E-state index in [9.17, 15) is 28.8 Å². The molecule has 2 aliphatic heterocycles. The van der Waals surface area contributed by atoms with Crippen molar-refractivity contribution < 1.29 is 33.9 Å². The van der Waals surface area contributed by atoms with E-state index >= 15 is 0 Å². The molecule has 0 radical (unpaired) electrons. The Hall–Kier alpha value is -7.86. The maximum absolute atomic E-state index is 13.7. The minimum atomic E-state index is -1.02. The number of carbonyl (C=O) groups excluding carboxylic acids is 5. The molecule has 29 heteroatoms. The average Bonchev–Trinajstić information content (AvgIpc) is 3.27. The predicted molar refractivity (Wildman–Crippen MR) is 351 cm³/mol. The second-order valence-electron chi connectivity index (χ2n) is 21.2. The number of pyridine rings is 2. The summed E-state index contributed by atoms with van der Waals surface area (Å²) in [5.74, 6) is 0.208. The lowest BCUT2D eigenvalue weighted by molar-refractivity contribution is -0.138. The minimum Gasteiger partial charge on any atom is -0.480 e. The van der Waals surface area contributed by atoms with Gasteiger partial charge in [0.15, 0.2) is 22.9 Å². The summed E-state index contributed by atoms with van der Waals surface area (Å²) >= 11 is 13.9. The number of likely N-dealkylation sites (tertiary alicyclic amines) is 1. The van der Waals surface area contributed by atoms with Gasteiger partial charge in [0.05, 0.1) is 28.5 Å². The van der Waals surface area contributed by atoms with Gasteiger partial charge in [-0.05, 0) is 143 Å². The highest BCUT2D eigenvalue weighted by atomic mass is 79.9. The van der Waals surface area contributed by atoms with Crippen LogP contribution < -0.4 is 16.0 Å². The number of anilines is 2. The van der Waals surface area contributed by atoms with Gasteiger partial charge in [-0.2, -0.15) is 33.9 Å². The monoisotopic (exact) mass is 1390 g/mol. The molecule has 4 N–H and O–H groups in total. The largest absolute Gasteiger partial charge is 0.480 e. The van der Waals surface area contributed by atoms with Crippen LogP contribution in [0.4, 0.5) is 11.6 Å². The van der Waals surface area contributed by atoms with E-state index in [2.05, 4.69) is 111 Å². The number of hydrogen-bond acceptors (Lipinski definition) is 17. The van der Waals surface area contributed by atoms with E-state index in [-0.39, 0.29) is 93.5 Å². The fourth-order valence-electron chi connectivity index (χ4n) is 11.1. The molecule has 0 unspecified atom stereocenters. The van der Waals surface area contributed by atoms with Crippen LogP contribution in [0.5, 0.6) is 0 Å². The Labute approximate surface area is 543 Å². The van der Waals surface area contributed by atoms with E-state index in [0.29, 0.717) is 62.1 Å². The third-order valence-electron chi connectivity index (χ3n) is 15.1. The molecule has 0 bridgehead atoms. The van der Waals surface area contributed by atoms with E-state index < -0.39 is 12.0 Å². The van der Waals surface area contributed by atoms with E-state index in [1.165, 1.54) is 25.0 Å². The number of piperidine rings is 2. The van der Waals surface area contributed by atoms with Crippen LogP contribution in [0.2, 0.25) is 0 Å². The van der Waals surface area contributed by atoms with Crippen LogP contribution in [0.15, 0.2) is 119 Å². The number of carbonyl (C=O) groups is 6. The van der Waals surface area contributed by atoms with Crippen LogP contribution in [0.3, 0.4) is 0 Å². The number of nitrogens with zero attached hydrogens (tertiary/aromatic N) is 13. The molecule has 88 heavy (non-hydrogen) atoms. The first-order valence-corrected chi connectivity index (χ1v) is 29.8. The number of ketones is 2. The van der Waals surface area contributed by atoms with Crippen LogP contribution >= 0.6 is 57.8 Å². The van der Waals surface area contributed by atoms with Gasteiger partial charge in [-0.1, -0.05) is 31.7 Å². The summed E-state index contributed by atoms with van der Waals surface area (Å²) in [6, 6.07) is 25.7. The predicted octanol–water partition coefficient (Wildman–Crippen LogP) is 9.08. The highest BCUT2D eigenvalue weighted by molar-refractivity contribution is 9.10. The number of hydrogen-bond donors (Lipinski definition) is 4. The number of halogens is 3. The van der Waals surface area contributed by atoms with Crippen molar-refractivity contribution in [1.82, 2.24) is 68.9 Å². The van der Waals surface area contributed by atoms with E-state index in [1.807, 2.05) is 80.8 Å². The van der Waals surface area contributed by atoms with Crippen molar-refractivity contribution in [3.05, 3.63) is 142 Å². The lowest BCUT2D eigenvalue weighted by atomic mass is 10.0. The molecule has 23 nitrogen and oxygen atoms in total. The third kappa shape index (κ3) is 14.3. The number of aromatic nitrogens is 12. The number of fused-ring (bicyclic) bond motifs is 6. The molecule has 3 amide bonds. The summed E-state index contributed by atoms with van der Waals surface area (Å²) in [5.41, 5.74) is 8.44. The lowest BCUT2D eigenvalue weighted by Crippen LogP contribution is -2.46. The Balaban J connectivity index is 0.000000183. The van der Waals surface area contributed by atoms with Crippen molar-refractivity contribution in [2.45, 2.75) is 98.1 Å². The molecule has 14 rings (SSSR count). The van der Waals surface area contributed by atoms with Crippen molar-refractivity contribution in [2.24, 2.45) is 11.8 Å². The van der Waals surface area contributed by atoms with Crippen molar-refractivity contribution in [2.75, 3.05) is 10.6 Å². The number of aryl methyl sites for hydroxylation is 2. The van der Waals surface area contributed by atoms with Crippen molar-refractivity contribution in [1.29, 1.82) is 0 Å². The van der Waals surface area contributed by atoms with Gasteiger partial charge in [0.25, 0.3) is 0 Å². The second kappa shape index (κ2) is 27.7. The van der Waals surface area contributed by atoms with E-state index in [4.69, 9.17) is 5.11 Å². The van der Waals surface area contributed by atoms with Crippen molar-refractivity contribution in [3.8, 4) is 22.3 Å². The zero-order valence-electron chi connectivity index (χ0n) is 46.8. The number of benzene rings is 2. The van der Waals surface area contributed by atoms with Crippen molar-refractivity contribution >= 4 is 160 Å². The van der Waals surface area contributed by atoms with Gasteiger partial charge in [-0.25, -0.2) is 29.0 Å². The van der Waals surface area contributed by atoms with Gasteiger partial charge < -0.3 is 26.0 Å². The second-order valence-corrected chi connectivity index (χ2v) is 22.8. The van der Waals surface area contributed by atoms with Gasteiger partial charge in [0, 0.05) is 107 Å². The van der Waals surface area contributed by atoms with Gasteiger partial charge in [0.2, 0.25) is 17.7 Å². The molecule has 2 saturated heterocycles. The summed E-state index contributed by atoms with van der Waals surface area (Å²) in [7, 11) is 0. The molecule has 10 aromatic rings. The molecular weight excluding hydrogens is 1340 g/mol. The standard InChI is InChI=1S/C29H25BrN8O3.C18H15N5O3.C11H12BrN3O.CH4.ClH.S2.H2S/c1-15-8-26-31-12-19(13-37(26)34-15)17-6-7-21-20(9-17)28(16(2)39)35-36(21)14-27(40)38-22-10-18(22)11-23(38)29(41)33-25-5-3-4-24(30)32-25;1-10-5-16-19-7-13(8-23(16)20-10)12-3-4-15-14(6-12)18(11(2)24)21-22(15)9-17(25)26;12-9-2-1-3-10(14-9)15-11(16)8-5-6-4-7(6)13-8;;;1-2;/h3-9,12-13,18,22-23H,10-11,14H2,1-2H3,(H,32,33,41);3-8H,9H2,1-2H3,(H,25,26);1-3,6-8,13H,4-5H2,(H,14,15,16);1H4;1H;;1H2/t18-,22-,23+;;6-,7-,8+;;;;/m1.1..../s1. The Morgan fingerprint density at radius 1 is 0.636 bits per heavy atom. The molecule has 8 aromatic heterocycles. The Morgan fingerprint density at radius 2 is 1.14 bits per heavy atom. The number of carboxylic acid groups (broad SMARTS) is 1. The minimum absolute atomic E-state index is 0. The van der Waals surface area contributed by atoms with Crippen molar-refractivity contribution in [3.63, 3.8) is 0 Å². The maximum atomic E-state index is 13.7. The number of rotatable bonds is 12. The normalized spacial score (nSPS) is 18.1. The number of nitrogens with one attached hydrogen (secondary N) is 3. The van der Waals surface area contributed by atoms with Gasteiger partial charge >= 0.3 is 5.97 Å². The van der Waals surface area contributed by atoms with Gasteiger partial charge in [-0.15, -0.1) is 12.4 Å². The number of amides is 3. The molecule has 0 spiro atoms. The van der Waals surface area contributed by atoms with Gasteiger partial charge in [-0.3, -0.25) is 38.1 Å². The van der Waals surface area contributed by atoms with E-state index in [0.717, 1.165) is 68.3 Å². The molecule has 2 saturated carbocycles. The van der Waals surface area contributed by atoms with Crippen LogP contribution in [0, 0.1) is 25.7 Å². The molecule has 10 heterocycles. The lowest BCUT2D eigenvalue weighted by Gasteiger charge is -2.26. The van der Waals surface area contributed by atoms with E-state index in [1.54, 1.807) is 61.3 Å². The molecule has 2 aromatic carbocycles. The summed E-state index contributed by atoms with van der Waals surface area (Å²) in [5, 5.41) is 36.8. The summed E-state index contributed by atoms with van der Waals surface area (Å²) in [4.78, 5) is 93.3. The topological polar surface area (TPSA) is 284 Å². The molecule has 4 aliphatic rings. The zero-order chi connectivity index (χ0) is 60.0. The third-order valence-corrected chi connectivity index (χ3v) is 16.0. The average molecular weight is 1400 g/mol. The molecular formula is C59H59Br2ClN16O7S3. The Bertz CT molecular complexity index is 4340. The zero-order valence-corrected chi connectivity index (χ0v) is 53.4. The number of carboxylic acids is 1.